The number of carbonyl (C=O) groups excluding carboxylic acids is 1. The van der Waals surface area contributed by atoms with Crippen LogP contribution in [0, 0.1) is 0 Å². The lowest BCUT2D eigenvalue weighted by molar-refractivity contribution is -0.123. The van der Waals surface area contributed by atoms with E-state index in [9.17, 15) is 4.79 Å². The number of hydrogen-bond donors (Lipinski definition) is 1. The molecule has 0 unspecified atom stereocenters. The van der Waals surface area contributed by atoms with E-state index in [2.05, 4.69) is 26.5 Å². The van der Waals surface area contributed by atoms with Crippen LogP contribution >= 0.6 is 27.5 Å². The molecule has 0 saturated carbocycles. The minimum absolute atomic E-state index is 0.133. The standard InChI is InChI=1S/C16H14BrClN2O2/c1-11(12-5-3-2-4-6-12)19-20-16(21)10-22-15-8-7-13(18)9-14(15)17/h2-9H,10H2,1H3,(H,20,21)/b19-11-. The topological polar surface area (TPSA) is 50.7 Å². The van der Waals surface area contributed by atoms with E-state index in [1.807, 2.05) is 37.3 Å². The van der Waals surface area contributed by atoms with Crippen molar-refractivity contribution in [2.45, 2.75) is 6.92 Å². The Hall–Kier alpha value is -1.85. The van der Waals surface area contributed by atoms with Crippen molar-refractivity contribution in [2.75, 3.05) is 6.61 Å². The van der Waals surface area contributed by atoms with Gasteiger partial charge in [0.1, 0.15) is 5.75 Å². The predicted molar refractivity (Wildman–Crippen MR) is 91.4 cm³/mol. The highest BCUT2D eigenvalue weighted by molar-refractivity contribution is 9.10. The van der Waals surface area contributed by atoms with Crippen molar-refractivity contribution < 1.29 is 9.53 Å². The molecule has 22 heavy (non-hydrogen) atoms. The molecule has 0 atom stereocenters. The van der Waals surface area contributed by atoms with E-state index in [0.717, 1.165) is 11.3 Å². The lowest BCUT2D eigenvalue weighted by Crippen LogP contribution is -2.25. The molecule has 0 spiro atoms. The van der Waals surface area contributed by atoms with Crippen LogP contribution in [0.5, 0.6) is 5.75 Å². The molecule has 0 aliphatic rings. The summed E-state index contributed by atoms with van der Waals surface area (Å²) in [7, 11) is 0. The quantitative estimate of drug-likeness (QED) is 0.628. The van der Waals surface area contributed by atoms with Crippen LogP contribution < -0.4 is 10.2 Å². The first kappa shape index (κ1) is 16.5. The van der Waals surface area contributed by atoms with Gasteiger partial charge in [-0.05, 0) is 46.6 Å². The SMILES string of the molecule is C/C(=N/NC(=O)COc1ccc(Cl)cc1Br)c1ccccc1. The third kappa shape index (κ3) is 4.86. The van der Waals surface area contributed by atoms with Gasteiger partial charge in [-0.15, -0.1) is 0 Å². The lowest BCUT2D eigenvalue weighted by Gasteiger charge is -2.07. The predicted octanol–water partition coefficient (Wildman–Crippen LogP) is 4.02. The van der Waals surface area contributed by atoms with Gasteiger partial charge < -0.3 is 4.74 Å². The molecule has 0 aromatic heterocycles. The van der Waals surface area contributed by atoms with E-state index in [1.165, 1.54) is 0 Å². The second kappa shape index (κ2) is 7.96. The highest BCUT2D eigenvalue weighted by atomic mass is 79.9. The molecule has 0 aliphatic carbocycles. The summed E-state index contributed by atoms with van der Waals surface area (Å²) in [5, 5.41) is 4.64. The molecule has 2 aromatic rings. The fraction of sp³-hybridized carbons (Fsp3) is 0.125. The van der Waals surface area contributed by atoms with Crippen LogP contribution in [-0.4, -0.2) is 18.2 Å². The Labute approximate surface area is 142 Å². The summed E-state index contributed by atoms with van der Waals surface area (Å²) < 4.78 is 6.10. The molecule has 0 aliphatic heterocycles. The van der Waals surface area contributed by atoms with Gasteiger partial charge in [-0.2, -0.15) is 5.10 Å². The van der Waals surface area contributed by atoms with Crippen LogP contribution in [0.2, 0.25) is 5.02 Å². The third-order valence-corrected chi connectivity index (χ3v) is 3.65. The van der Waals surface area contributed by atoms with Crippen LogP contribution in [0.4, 0.5) is 0 Å². The van der Waals surface area contributed by atoms with Crippen LogP contribution in [0.15, 0.2) is 58.1 Å². The van der Waals surface area contributed by atoms with Gasteiger partial charge in [0.05, 0.1) is 10.2 Å². The molecule has 0 fully saturated rings. The summed E-state index contributed by atoms with van der Waals surface area (Å²) in [6.45, 7) is 1.69. The number of rotatable bonds is 5. The fourth-order valence-electron chi connectivity index (χ4n) is 1.66. The smallest absolute Gasteiger partial charge is 0.277 e. The van der Waals surface area contributed by atoms with Gasteiger partial charge in [0.25, 0.3) is 5.91 Å². The summed E-state index contributed by atoms with van der Waals surface area (Å²) in [6, 6.07) is 14.7. The van der Waals surface area contributed by atoms with Gasteiger partial charge in [0, 0.05) is 5.02 Å². The minimum atomic E-state index is -0.336. The highest BCUT2D eigenvalue weighted by Gasteiger charge is 2.06. The van der Waals surface area contributed by atoms with Crippen molar-refractivity contribution in [2.24, 2.45) is 5.10 Å². The van der Waals surface area contributed by atoms with E-state index in [0.29, 0.717) is 15.2 Å². The first-order valence-corrected chi connectivity index (χ1v) is 7.70. The average molecular weight is 382 g/mol. The molecule has 0 radical (unpaired) electrons. The first-order valence-electron chi connectivity index (χ1n) is 6.52. The molecular formula is C16H14BrClN2O2. The fourth-order valence-corrected chi connectivity index (χ4v) is 2.46. The maximum absolute atomic E-state index is 11.7. The van der Waals surface area contributed by atoms with Crippen LogP contribution in [0.1, 0.15) is 12.5 Å². The number of halogens is 2. The van der Waals surface area contributed by atoms with Gasteiger partial charge in [-0.1, -0.05) is 41.9 Å². The highest BCUT2D eigenvalue weighted by Crippen LogP contribution is 2.27. The van der Waals surface area contributed by atoms with Crippen LogP contribution in [0.25, 0.3) is 0 Å². The maximum Gasteiger partial charge on any atom is 0.277 e. The molecule has 2 rings (SSSR count). The van der Waals surface area contributed by atoms with Gasteiger partial charge in [-0.25, -0.2) is 5.43 Å². The Morgan fingerprint density at radius 3 is 2.68 bits per heavy atom. The number of carbonyl (C=O) groups is 1. The molecule has 6 heteroatoms. The number of amides is 1. The molecule has 0 heterocycles. The molecular weight excluding hydrogens is 368 g/mol. The summed E-state index contributed by atoms with van der Waals surface area (Å²) in [5.41, 5.74) is 4.14. The molecule has 0 saturated heterocycles. The van der Waals surface area contributed by atoms with Gasteiger partial charge in [0.2, 0.25) is 0 Å². The van der Waals surface area contributed by atoms with Crippen molar-refractivity contribution in [3.05, 3.63) is 63.6 Å². The Balaban J connectivity index is 1.88. The number of hydrogen-bond acceptors (Lipinski definition) is 3. The van der Waals surface area contributed by atoms with Crippen molar-refractivity contribution in [3.63, 3.8) is 0 Å². The maximum atomic E-state index is 11.7. The number of nitrogens with zero attached hydrogens (tertiary/aromatic N) is 1. The largest absolute Gasteiger partial charge is 0.483 e. The average Bonchev–Trinajstić information content (AvgIpc) is 2.52. The molecule has 2 aromatic carbocycles. The Kier molecular flexibility index (Phi) is 5.98. The monoisotopic (exact) mass is 380 g/mol. The number of benzene rings is 2. The number of nitrogens with one attached hydrogen (secondary N) is 1. The molecule has 1 amide bonds. The summed E-state index contributed by atoms with van der Waals surface area (Å²) >= 11 is 9.16. The minimum Gasteiger partial charge on any atom is -0.483 e. The zero-order valence-corrected chi connectivity index (χ0v) is 14.2. The van der Waals surface area contributed by atoms with Crippen LogP contribution in [-0.2, 0) is 4.79 Å². The van der Waals surface area contributed by atoms with Crippen molar-refractivity contribution in [3.8, 4) is 5.75 Å². The Morgan fingerprint density at radius 2 is 2.00 bits per heavy atom. The molecule has 114 valence electrons. The molecule has 4 nitrogen and oxygen atoms in total. The van der Waals surface area contributed by atoms with Gasteiger partial charge >= 0.3 is 0 Å². The van der Waals surface area contributed by atoms with E-state index >= 15 is 0 Å². The molecule has 1 N–H and O–H groups in total. The lowest BCUT2D eigenvalue weighted by atomic mass is 10.1. The second-order valence-electron chi connectivity index (χ2n) is 4.46. The van der Waals surface area contributed by atoms with Crippen molar-refractivity contribution >= 4 is 39.1 Å². The van der Waals surface area contributed by atoms with Crippen LogP contribution in [0.3, 0.4) is 0 Å². The molecule has 0 bridgehead atoms. The Morgan fingerprint density at radius 1 is 1.27 bits per heavy atom. The van der Waals surface area contributed by atoms with Gasteiger partial charge in [0.15, 0.2) is 6.61 Å². The number of ether oxygens (including phenoxy) is 1. The van der Waals surface area contributed by atoms with E-state index in [-0.39, 0.29) is 12.5 Å². The normalized spacial score (nSPS) is 11.1. The van der Waals surface area contributed by atoms with Crippen molar-refractivity contribution in [1.82, 2.24) is 5.43 Å². The zero-order valence-electron chi connectivity index (χ0n) is 11.8. The van der Waals surface area contributed by atoms with E-state index in [1.54, 1.807) is 18.2 Å². The Bertz CT molecular complexity index is 690. The first-order chi connectivity index (χ1) is 10.6. The van der Waals surface area contributed by atoms with Crippen molar-refractivity contribution in [1.29, 1.82) is 0 Å². The summed E-state index contributed by atoms with van der Waals surface area (Å²) in [4.78, 5) is 11.7. The zero-order chi connectivity index (χ0) is 15.9. The summed E-state index contributed by atoms with van der Waals surface area (Å²) in [6.07, 6.45) is 0. The third-order valence-electron chi connectivity index (χ3n) is 2.79. The number of hydrazone groups is 1. The van der Waals surface area contributed by atoms with E-state index < -0.39 is 0 Å². The summed E-state index contributed by atoms with van der Waals surface area (Å²) in [5.74, 6) is 0.209. The van der Waals surface area contributed by atoms with Gasteiger partial charge in [-0.3, -0.25) is 4.79 Å². The van der Waals surface area contributed by atoms with E-state index in [4.69, 9.17) is 16.3 Å². The second-order valence-corrected chi connectivity index (χ2v) is 5.75.